The lowest BCUT2D eigenvalue weighted by atomic mass is 10.2. The van der Waals surface area contributed by atoms with Crippen LogP contribution in [0.1, 0.15) is 11.3 Å². The molecular formula is C15H13ClF2N2O2. The number of hydrogen-bond donors (Lipinski definition) is 1. The Hall–Kier alpha value is -2.21. The highest BCUT2D eigenvalue weighted by molar-refractivity contribution is 6.30. The van der Waals surface area contributed by atoms with Crippen molar-refractivity contribution in [2.24, 2.45) is 0 Å². The Morgan fingerprint density at radius 3 is 2.82 bits per heavy atom. The van der Waals surface area contributed by atoms with Crippen LogP contribution in [0.25, 0.3) is 0 Å². The van der Waals surface area contributed by atoms with Gasteiger partial charge in [-0.1, -0.05) is 23.7 Å². The Balaban J connectivity index is 2.02. The molecule has 0 aliphatic heterocycles. The van der Waals surface area contributed by atoms with Crippen LogP contribution in [0.2, 0.25) is 5.15 Å². The predicted molar refractivity (Wildman–Crippen MR) is 79.4 cm³/mol. The van der Waals surface area contributed by atoms with Crippen LogP contribution in [0, 0.1) is 6.92 Å². The van der Waals surface area contributed by atoms with Crippen LogP contribution in [-0.2, 0) is 11.2 Å². The Morgan fingerprint density at radius 2 is 2.14 bits per heavy atom. The number of alkyl halides is 2. The second-order valence-corrected chi connectivity index (χ2v) is 4.89. The summed E-state index contributed by atoms with van der Waals surface area (Å²) in [6, 6.07) is 9.26. The summed E-state index contributed by atoms with van der Waals surface area (Å²) in [4.78, 5) is 16.0. The summed E-state index contributed by atoms with van der Waals surface area (Å²) in [7, 11) is 0. The van der Waals surface area contributed by atoms with E-state index in [4.69, 9.17) is 11.6 Å². The van der Waals surface area contributed by atoms with Crippen molar-refractivity contribution < 1.29 is 18.3 Å². The number of ether oxygens (including phenoxy) is 1. The van der Waals surface area contributed by atoms with Crippen LogP contribution in [0.4, 0.5) is 14.5 Å². The van der Waals surface area contributed by atoms with E-state index in [2.05, 4.69) is 15.0 Å². The number of aryl methyl sites for hydroxylation is 1. The fourth-order valence-electron chi connectivity index (χ4n) is 1.81. The highest BCUT2D eigenvalue weighted by Crippen LogP contribution is 2.20. The summed E-state index contributed by atoms with van der Waals surface area (Å²) >= 11 is 5.96. The van der Waals surface area contributed by atoms with Crippen LogP contribution >= 0.6 is 11.6 Å². The minimum Gasteiger partial charge on any atom is -0.435 e. The first-order valence-corrected chi connectivity index (χ1v) is 6.78. The number of hydrogen-bond acceptors (Lipinski definition) is 3. The number of pyridine rings is 1. The summed E-state index contributed by atoms with van der Waals surface area (Å²) in [6.45, 7) is -1.12. The first-order valence-electron chi connectivity index (χ1n) is 6.41. The molecule has 0 aliphatic rings. The van der Waals surface area contributed by atoms with E-state index in [1.807, 2.05) is 0 Å². The molecule has 0 bridgehead atoms. The number of carbonyl (C=O) groups is 1. The minimum absolute atomic E-state index is 0.0252. The number of aromatic nitrogens is 1. The Labute approximate surface area is 131 Å². The molecule has 7 heteroatoms. The number of nitrogens with zero attached hydrogens (tertiary/aromatic N) is 1. The van der Waals surface area contributed by atoms with E-state index in [0.717, 1.165) is 5.69 Å². The zero-order valence-electron chi connectivity index (χ0n) is 11.6. The van der Waals surface area contributed by atoms with Gasteiger partial charge < -0.3 is 10.1 Å². The summed E-state index contributed by atoms with van der Waals surface area (Å²) < 4.78 is 28.6. The lowest BCUT2D eigenvalue weighted by Gasteiger charge is -2.09. The molecule has 22 heavy (non-hydrogen) atoms. The van der Waals surface area contributed by atoms with Gasteiger partial charge in [0.1, 0.15) is 10.9 Å². The van der Waals surface area contributed by atoms with Gasteiger partial charge in [0.15, 0.2) is 0 Å². The van der Waals surface area contributed by atoms with Crippen molar-refractivity contribution in [2.45, 2.75) is 20.0 Å². The average molecular weight is 327 g/mol. The number of carbonyl (C=O) groups excluding carboxylic acids is 1. The lowest BCUT2D eigenvalue weighted by molar-refractivity contribution is -0.115. The molecule has 0 saturated heterocycles. The van der Waals surface area contributed by atoms with Crippen molar-refractivity contribution in [1.29, 1.82) is 0 Å². The lowest BCUT2D eigenvalue weighted by Crippen LogP contribution is -2.15. The van der Waals surface area contributed by atoms with Crippen molar-refractivity contribution >= 4 is 23.2 Å². The average Bonchev–Trinajstić information content (AvgIpc) is 2.41. The molecule has 116 valence electrons. The Morgan fingerprint density at radius 1 is 1.36 bits per heavy atom. The number of anilines is 1. The SMILES string of the molecule is Cc1ccc(CC(=O)Nc2cccc(OC(F)F)c2)c(Cl)n1. The van der Waals surface area contributed by atoms with Gasteiger partial charge in [-0.2, -0.15) is 8.78 Å². The molecule has 2 aromatic rings. The van der Waals surface area contributed by atoms with E-state index in [1.54, 1.807) is 25.1 Å². The first kappa shape index (κ1) is 16.2. The second kappa shape index (κ2) is 7.17. The molecule has 1 N–H and O–H groups in total. The molecule has 2 rings (SSSR count). The quantitative estimate of drug-likeness (QED) is 0.850. The van der Waals surface area contributed by atoms with Gasteiger partial charge in [-0.15, -0.1) is 0 Å². The van der Waals surface area contributed by atoms with Gasteiger partial charge in [0.05, 0.1) is 6.42 Å². The van der Waals surface area contributed by atoms with E-state index < -0.39 is 6.61 Å². The fraction of sp³-hybridized carbons (Fsp3) is 0.200. The van der Waals surface area contributed by atoms with Gasteiger partial charge >= 0.3 is 6.61 Å². The third kappa shape index (κ3) is 4.66. The standard InChI is InChI=1S/C15H13ClF2N2O2/c1-9-5-6-10(14(16)19-9)7-13(21)20-11-3-2-4-12(8-11)22-15(17)18/h2-6,8,15H,7H2,1H3,(H,20,21). The van der Waals surface area contributed by atoms with Gasteiger partial charge in [0.2, 0.25) is 5.91 Å². The number of nitrogens with one attached hydrogen (secondary N) is 1. The first-order chi connectivity index (χ1) is 10.4. The molecule has 1 amide bonds. The third-order valence-electron chi connectivity index (χ3n) is 2.76. The molecule has 1 aromatic carbocycles. The third-order valence-corrected chi connectivity index (χ3v) is 3.09. The van der Waals surface area contributed by atoms with Gasteiger partial charge in [-0.25, -0.2) is 4.98 Å². The highest BCUT2D eigenvalue weighted by Gasteiger charge is 2.10. The van der Waals surface area contributed by atoms with Gasteiger partial charge in [-0.3, -0.25) is 4.79 Å². The van der Waals surface area contributed by atoms with Crippen molar-refractivity contribution in [3.8, 4) is 5.75 Å². The summed E-state index contributed by atoms with van der Waals surface area (Å²) in [5.74, 6) is -0.357. The zero-order chi connectivity index (χ0) is 16.1. The molecular weight excluding hydrogens is 314 g/mol. The molecule has 0 atom stereocenters. The summed E-state index contributed by atoms with van der Waals surface area (Å²) in [6.07, 6.45) is 0.0338. The molecule has 0 aliphatic carbocycles. The fourth-order valence-corrected chi connectivity index (χ4v) is 2.08. The monoisotopic (exact) mass is 326 g/mol. The molecule has 1 aromatic heterocycles. The normalized spacial score (nSPS) is 10.6. The van der Waals surface area contributed by atoms with Gasteiger partial charge in [0.25, 0.3) is 0 Å². The maximum Gasteiger partial charge on any atom is 0.387 e. The number of benzene rings is 1. The van der Waals surface area contributed by atoms with Crippen LogP contribution in [0.15, 0.2) is 36.4 Å². The number of rotatable bonds is 5. The van der Waals surface area contributed by atoms with Gasteiger partial charge in [0, 0.05) is 17.4 Å². The van der Waals surface area contributed by atoms with Crippen molar-refractivity contribution in [1.82, 2.24) is 4.98 Å². The summed E-state index contributed by atoms with van der Waals surface area (Å²) in [5, 5.41) is 2.86. The maximum atomic E-state index is 12.1. The van der Waals surface area contributed by atoms with Crippen molar-refractivity contribution in [2.75, 3.05) is 5.32 Å². The van der Waals surface area contributed by atoms with Crippen molar-refractivity contribution in [3.63, 3.8) is 0 Å². The smallest absolute Gasteiger partial charge is 0.387 e. The second-order valence-electron chi connectivity index (χ2n) is 4.53. The molecule has 1 heterocycles. The number of halogens is 3. The molecule has 0 radical (unpaired) electrons. The Kier molecular flexibility index (Phi) is 5.27. The molecule has 0 fully saturated rings. The largest absolute Gasteiger partial charge is 0.435 e. The van der Waals surface area contributed by atoms with Crippen LogP contribution in [0.3, 0.4) is 0 Å². The van der Waals surface area contributed by atoms with E-state index >= 15 is 0 Å². The van der Waals surface area contributed by atoms with Crippen molar-refractivity contribution in [3.05, 3.63) is 52.8 Å². The molecule has 0 unspecified atom stereocenters. The topological polar surface area (TPSA) is 51.2 Å². The zero-order valence-corrected chi connectivity index (χ0v) is 12.4. The predicted octanol–water partition coefficient (Wildman–Crippen LogP) is 3.83. The van der Waals surface area contributed by atoms with E-state index in [-0.39, 0.29) is 23.2 Å². The van der Waals surface area contributed by atoms with E-state index in [0.29, 0.717) is 11.3 Å². The van der Waals surface area contributed by atoms with Crippen LogP contribution < -0.4 is 10.1 Å². The maximum absolute atomic E-state index is 12.1. The van der Waals surface area contributed by atoms with E-state index in [1.165, 1.54) is 18.2 Å². The molecule has 0 spiro atoms. The van der Waals surface area contributed by atoms with Crippen LogP contribution in [-0.4, -0.2) is 17.5 Å². The summed E-state index contributed by atoms with van der Waals surface area (Å²) in [5.41, 5.74) is 1.70. The highest BCUT2D eigenvalue weighted by atomic mass is 35.5. The molecule has 4 nitrogen and oxygen atoms in total. The van der Waals surface area contributed by atoms with Gasteiger partial charge in [-0.05, 0) is 30.7 Å². The molecule has 0 saturated carbocycles. The Bertz CT molecular complexity index is 680. The van der Waals surface area contributed by atoms with E-state index in [9.17, 15) is 13.6 Å². The minimum atomic E-state index is -2.91. The number of amides is 1. The van der Waals surface area contributed by atoms with Crippen LogP contribution in [0.5, 0.6) is 5.75 Å².